The van der Waals surface area contributed by atoms with E-state index in [0.717, 1.165) is 16.7 Å². The Bertz CT molecular complexity index is 1840. The number of hydrogen-bond donors (Lipinski definition) is 0. The first-order valence-corrected chi connectivity index (χ1v) is 15.5. The molecule has 0 unspecified atom stereocenters. The van der Waals surface area contributed by atoms with Gasteiger partial charge < -0.3 is 18.9 Å². The lowest BCUT2D eigenvalue weighted by Crippen LogP contribution is -2.40. The molecular weight excluding hydrogens is 576 g/mol. The second-order valence-corrected chi connectivity index (χ2v) is 11.5. The van der Waals surface area contributed by atoms with Crippen LogP contribution in [0, 0.1) is 0 Å². The van der Waals surface area contributed by atoms with E-state index in [-0.39, 0.29) is 11.7 Å². The van der Waals surface area contributed by atoms with E-state index in [1.54, 1.807) is 25.3 Å². The molecule has 0 aliphatic carbocycles. The van der Waals surface area contributed by atoms with Crippen LogP contribution < -0.4 is 29.1 Å². The van der Waals surface area contributed by atoms with Crippen LogP contribution in [0.25, 0.3) is 6.08 Å². The van der Waals surface area contributed by atoms with Crippen molar-refractivity contribution < 1.29 is 23.7 Å². The Kier molecular flexibility index (Phi) is 9.65. The highest BCUT2D eigenvalue weighted by molar-refractivity contribution is 7.07. The molecule has 0 saturated heterocycles. The van der Waals surface area contributed by atoms with E-state index in [1.807, 2.05) is 92.7 Å². The topological polar surface area (TPSA) is 88.4 Å². The van der Waals surface area contributed by atoms with Crippen molar-refractivity contribution in [3.63, 3.8) is 0 Å². The number of ether oxygens (including phenoxy) is 4. The normalized spacial score (nSPS) is 14.7. The van der Waals surface area contributed by atoms with Crippen molar-refractivity contribution in [3.05, 3.63) is 120 Å². The van der Waals surface area contributed by atoms with Crippen molar-refractivity contribution in [2.45, 2.75) is 53.4 Å². The Labute approximate surface area is 260 Å². The van der Waals surface area contributed by atoms with Crippen molar-refractivity contribution in [1.29, 1.82) is 0 Å². The van der Waals surface area contributed by atoms with Gasteiger partial charge in [-0.25, -0.2) is 9.79 Å². The van der Waals surface area contributed by atoms with E-state index in [4.69, 9.17) is 18.9 Å². The van der Waals surface area contributed by atoms with Crippen LogP contribution in [0.1, 0.15) is 57.4 Å². The molecule has 0 radical (unpaired) electrons. The van der Waals surface area contributed by atoms with Gasteiger partial charge in [0.05, 0.1) is 41.2 Å². The standard InChI is InChI=1S/C35H36N2O6S/c1-6-40-27-16-14-26(15-17-27)32-31(34(39)43-22(3)4)23(5)36-35-37(32)33(38)30(44-35)20-25-13-18-28(29(19-25)41-7-2)42-21-24-11-9-8-10-12-24/h8-20,22,32H,6-7,21H2,1-5H3/b30-20+/t32-/m0/s1. The predicted octanol–water partition coefficient (Wildman–Crippen LogP) is 5.56. The number of thiazole rings is 1. The summed E-state index contributed by atoms with van der Waals surface area (Å²) in [6.07, 6.45) is 1.49. The summed E-state index contributed by atoms with van der Waals surface area (Å²) >= 11 is 1.27. The first kappa shape index (κ1) is 30.8. The zero-order chi connectivity index (χ0) is 31.2. The molecule has 1 atom stereocenters. The third-order valence-electron chi connectivity index (χ3n) is 6.89. The fraction of sp³-hybridized carbons (Fsp3) is 0.286. The summed E-state index contributed by atoms with van der Waals surface area (Å²) in [6, 6.07) is 22.2. The van der Waals surface area contributed by atoms with Gasteiger partial charge in [-0.05, 0) is 81.7 Å². The third kappa shape index (κ3) is 6.78. The number of benzene rings is 3. The number of hydrogen-bond acceptors (Lipinski definition) is 8. The Hall–Kier alpha value is -4.63. The van der Waals surface area contributed by atoms with E-state index in [9.17, 15) is 9.59 Å². The summed E-state index contributed by atoms with van der Waals surface area (Å²) in [7, 11) is 0. The first-order valence-electron chi connectivity index (χ1n) is 14.7. The minimum absolute atomic E-state index is 0.252. The molecule has 0 fully saturated rings. The van der Waals surface area contributed by atoms with Gasteiger partial charge in [0, 0.05) is 0 Å². The summed E-state index contributed by atoms with van der Waals surface area (Å²) < 4.78 is 25.2. The Balaban J connectivity index is 1.56. The molecule has 0 bridgehead atoms. The van der Waals surface area contributed by atoms with Crippen LogP contribution in [0.5, 0.6) is 17.2 Å². The van der Waals surface area contributed by atoms with Crippen LogP contribution in [0.4, 0.5) is 0 Å². The van der Waals surface area contributed by atoms with Crippen molar-refractivity contribution in [3.8, 4) is 17.2 Å². The lowest BCUT2D eigenvalue weighted by Gasteiger charge is -2.25. The summed E-state index contributed by atoms with van der Waals surface area (Å²) in [4.78, 5) is 32.6. The zero-order valence-corrected chi connectivity index (χ0v) is 26.4. The van der Waals surface area contributed by atoms with Crippen LogP contribution >= 0.6 is 11.3 Å². The van der Waals surface area contributed by atoms with Crippen molar-refractivity contribution >= 4 is 23.4 Å². The average Bonchev–Trinajstić information content (AvgIpc) is 3.30. The molecule has 44 heavy (non-hydrogen) atoms. The van der Waals surface area contributed by atoms with Crippen LogP contribution in [-0.2, 0) is 16.1 Å². The quantitative estimate of drug-likeness (QED) is 0.206. The molecule has 2 heterocycles. The number of allylic oxidation sites excluding steroid dienone is 1. The lowest BCUT2D eigenvalue weighted by atomic mass is 9.96. The fourth-order valence-electron chi connectivity index (χ4n) is 4.98. The molecule has 1 aliphatic heterocycles. The number of fused-ring (bicyclic) bond motifs is 1. The predicted molar refractivity (Wildman–Crippen MR) is 171 cm³/mol. The molecule has 0 amide bonds. The highest BCUT2D eigenvalue weighted by atomic mass is 32.1. The number of nitrogens with zero attached hydrogens (tertiary/aromatic N) is 2. The molecule has 9 heteroatoms. The average molecular weight is 613 g/mol. The first-order chi connectivity index (χ1) is 21.3. The molecule has 1 aliphatic rings. The summed E-state index contributed by atoms with van der Waals surface area (Å²) in [5.41, 5.74) is 3.18. The molecule has 1 aromatic heterocycles. The molecule has 4 aromatic rings. The van der Waals surface area contributed by atoms with Gasteiger partial charge in [0.2, 0.25) is 0 Å². The van der Waals surface area contributed by atoms with Gasteiger partial charge in [-0.1, -0.05) is 59.9 Å². The van der Waals surface area contributed by atoms with E-state index in [1.165, 1.54) is 11.3 Å². The van der Waals surface area contributed by atoms with Crippen molar-refractivity contribution in [2.75, 3.05) is 13.2 Å². The molecule has 228 valence electrons. The van der Waals surface area contributed by atoms with E-state index in [2.05, 4.69) is 4.99 Å². The van der Waals surface area contributed by atoms with E-state index < -0.39 is 12.0 Å². The summed E-state index contributed by atoms with van der Waals surface area (Å²) in [5.74, 6) is 1.42. The van der Waals surface area contributed by atoms with Gasteiger partial charge in [-0.2, -0.15) is 0 Å². The highest BCUT2D eigenvalue weighted by Gasteiger charge is 2.33. The fourth-order valence-corrected chi connectivity index (χ4v) is 6.02. The Morgan fingerprint density at radius 3 is 2.36 bits per heavy atom. The maximum absolute atomic E-state index is 14.0. The minimum Gasteiger partial charge on any atom is -0.494 e. The Morgan fingerprint density at radius 1 is 0.955 bits per heavy atom. The maximum Gasteiger partial charge on any atom is 0.338 e. The van der Waals surface area contributed by atoms with Gasteiger partial charge in [-0.3, -0.25) is 9.36 Å². The maximum atomic E-state index is 14.0. The molecule has 0 N–H and O–H groups in total. The lowest BCUT2D eigenvalue weighted by molar-refractivity contribution is -0.143. The van der Waals surface area contributed by atoms with E-state index >= 15 is 0 Å². The van der Waals surface area contributed by atoms with Gasteiger partial charge in [0.1, 0.15) is 12.4 Å². The zero-order valence-electron chi connectivity index (χ0n) is 25.5. The SMILES string of the molecule is CCOc1ccc([C@H]2C(C(=O)OC(C)C)=C(C)N=c3s/c(=C/c4ccc(OCc5ccccc5)c(OCC)c4)c(=O)n32)cc1. The molecule has 0 saturated carbocycles. The van der Waals surface area contributed by atoms with Crippen LogP contribution in [0.15, 0.2) is 93.9 Å². The van der Waals surface area contributed by atoms with Crippen molar-refractivity contribution in [1.82, 2.24) is 4.57 Å². The molecule has 3 aromatic carbocycles. The van der Waals surface area contributed by atoms with Gasteiger partial charge in [0.15, 0.2) is 16.3 Å². The van der Waals surface area contributed by atoms with Gasteiger partial charge in [0.25, 0.3) is 5.56 Å². The number of aromatic nitrogens is 1. The summed E-state index contributed by atoms with van der Waals surface area (Å²) in [6.45, 7) is 10.6. The third-order valence-corrected chi connectivity index (χ3v) is 7.88. The monoisotopic (exact) mass is 612 g/mol. The van der Waals surface area contributed by atoms with Gasteiger partial charge in [-0.15, -0.1) is 0 Å². The molecular formula is C35H36N2O6S. The van der Waals surface area contributed by atoms with Crippen LogP contribution in [0.3, 0.4) is 0 Å². The van der Waals surface area contributed by atoms with Gasteiger partial charge >= 0.3 is 5.97 Å². The second-order valence-electron chi connectivity index (χ2n) is 10.5. The second kappa shape index (κ2) is 13.8. The van der Waals surface area contributed by atoms with E-state index in [0.29, 0.717) is 57.7 Å². The highest BCUT2D eigenvalue weighted by Crippen LogP contribution is 2.32. The minimum atomic E-state index is -0.705. The molecule has 8 nitrogen and oxygen atoms in total. The Morgan fingerprint density at radius 2 is 1.68 bits per heavy atom. The number of carbonyl (C=O) groups is 1. The van der Waals surface area contributed by atoms with Crippen LogP contribution in [0.2, 0.25) is 0 Å². The molecule has 0 spiro atoms. The largest absolute Gasteiger partial charge is 0.494 e. The number of carbonyl (C=O) groups excluding carboxylic acids is 1. The molecule has 5 rings (SSSR count). The smallest absolute Gasteiger partial charge is 0.338 e. The number of rotatable bonds is 11. The van der Waals surface area contributed by atoms with Crippen molar-refractivity contribution in [2.24, 2.45) is 4.99 Å². The number of esters is 1. The van der Waals surface area contributed by atoms with Crippen LogP contribution in [-0.4, -0.2) is 29.9 Å². The summed E-state index contributed by atoms with van der Waals surface area (Å²) in [5, 5.41) is 0.